The molecular formula is C22H22N4O5. The van der Waals surface area contributed by atoms with Crippen molar-refractivity contribution in [3.05, 3.63) is 64.1 Å². The molecule has 1 aliphatic heterocycles. The first-order chi connectivity index (χ1) is 15.0. The van der Waals surface area contributed by atoms with Crippen LogP contribution >= 0.6 is 0 Å². The molecule has 1 unspecified atom stereocenters. The molecule has 0 aliphatic carbocycles. The molecule has 1 aromatic heterocycles. The van der Waals surface area contributed by atoms with E-state index in [0.717, 1.165) is 10.2 Å². The molecule has 0 fully saturated rings. The molecule has 0 bridgehead atoms. The molecule has 2 amide bonds. The molecular weight excluding hydrogens is 400 g/mol. The highest BCUT2D eigenvalue weighted by Gasteiger charge is 2.19. The lowest BCUT2D eigenvalue weighted by molar-refractivity contribution is -0.122. The number of amides is 2. The van der Waals surface area contributed by atoms with Crippen LogP contribution < -0.4 is 25.7 Å². The summed E-state index contributed by atoms with van der Waals surface area (Å²) in [6, 6.07) is 11.8. The molecule has 1 atom stereocenters. The minimum atomic E-state index is -0.439. The molecule has 3 aromatic rings. The van der Waals surface area contributed by atoms with Gasteiger partial charge in [-0.15, -0.1) is 0 Å². The minimum absolute atomic E-state index is 0.0883. The first-order valence-electron chi connectivity index (χ1n) is 9.89. The maximum Gasteiger partial charge on any atom is 0.275 e. The monoisotopic (exact) mass is 422 g/mol. The molecule has 4 rings (SSSR count). The first-order valence-corrected chi connectivity index (χ1v) is 9.89. The topological polar surface area (TPSA) is 112 Å². The lowest BCUT2D eigenvalue weighted by Gasteiger charge is -2.21. The van der Waals surface area contributed by atoms with Crippen molar-refractivity contribution in [1.29, 1.82) is 0 Å². The van der Waals surface area contributed by atoms with E-state index in [2.05, 4.69) is 15.7 Å². The van der Waals surface area contributed by atoms with Crippen LogP contribution in [0.25, 0.3) is 10.8 Å². The molecule has 160 valence electrons. The first kappa shape index (κ1) is 20.4. The van der Waals surface area contributed by atoms with Gasteiger partial charge in [0.15, 0.2) is 17.2 Å². The van der Waals surface area contributed by atoms with Crippen LogP contribution in [0.3, 0.4) is 0 Å². The predicted octanol–water partition coefficient (Wildman–Crippen LogP) is 1.40. The van der Waals surface area contributed by atoms with Gasteiger partial charge >= 0.3 is 0 Å². The van der Waals surface area contributed by atoms with Crippen molar-refractivity contribution in [2.75, 3.05) is 20.3 Å². The van der Waals surface area contributed by atoms with Crippen LogP contribution in [-0.2, 0) is 11.3 Å². The fourth-order valence-corrected chi connectivity index (χ4v) is 3.46. The summed E-state index contributed by atoms with van der Waals surface area (Å²) in [7, 11) is 1.48. The number of carbonyl (C=O) groups is 2. The SMILES string of the molecule is CNC(=O)c1nn(CC(=O)NC(C)c2ccc3c(c2)OCCO3)c(=O)c2ccccc12. The van der Waals surface area contributed by atoms with Crippen molar-refractivity contribution in [3.8, 4) is 11.5 Å². The molecule has 9 heteroatoms. The Balaban J connectivity index is 1.56. The highest BCUT2D eigenvalue weighted by Crippen LogP contribution is 2.32. The van der Waals surface area contributed by atoms with Crippen molar-refractivity contribution >= 4 is 22.6 Å². The van der Waals surface area contributed by atoms with Gasteiger partial charge in [-0.2, -0.15) is 5.10 Å². The molecule has 2 aromatic carbocycles. The van der Waals surface area contributed by atoms with E-state index in [4.69, 9.17) is 9.47 Å². The molecule has 0 radical (unpaired) electrons. The third-order valence-electron chi connectivity index (χ3n) is 5.05. The lowest BCUT2D eigenvalue weighted by atomic mass is 10.1. The van der Waals surface area contributed by atoms with E-state index >= 15 is 0 Å². The van der Waals surface area contributed by atoms with Crippen LogP contribution in [0.2, 0.25) is 0 Å². The Morgan fingerprint density at radius 2 is 1.81 bits per heavy atom. The van der Waals surface area contributed by atoms with Gasteiger partial charge in [0.05, 0.1) is 11.4 Å². The lowest BCUT2D eigenvalue weighted by Crippen LogP contribution is -2.36. The smallest absolute Gasteiger partial charge is 0.275 e. The van der Waals surface area contributed by atoms with Crippen molar-refractivity contribution < 1.29 is 19.1 Å². The summed E-state index contributed by atoms with van der Waals surface area (Å²) < 4.78 is 12.1. The number of hydrogen-bond donors (Lipinski definition) is 2. The summed E-state index contributed by atoms with van der Waals surface area (Å²) >= 11 is 0. The Morgan fingerprint density at radius 3 is 2.55 bits per heavy atom. The normalized spacial score (nSPS) is 13.5. The van der Waals surface area contributed by atoms with E-state index in [-0.39, 0.29) is 18.3 Å². The second kappa shape index (κ2) is 8.47. The number of nitrogens with one attached hydrogen (secondary N) is 2. The Morgan fingerprint density at radius 1 is 1.10 bits per heavy atom. The largest absolute Gasteiger partial charge is 0.486 e. The summed E-state index contributed by atoms with van der Waals surface area (Å²) in [5.74, 6) is 0.458. The molecule has 9 nitrogen and oxygen atoms in total. The summed E-state index contributed by atoms with van der Waals surface area (Å²) in [6.45, 7) is 2.49. The Labute approximate surface area is 178 Å². The predicted molar refractivity (Wildman–Crippen MR) is 113 cm³/mol. The average molecular weight is 422 g/mol. The van der Waals surface area contributed by atoms with Gasteiger partial charge in [-0.25, -0.2) is 4.68 Å². The Kier molecular flexibility index (Phi) is 5.57. The third-order valence-corrected chi connectivity index (χ3v) is 5.05. The van der Waals surface area contributed by atoms with E-state index in [9.17, 15) is 14.4 Å². The molecule has 1 aliphatic rings. The molecule has 0 spiro atoms. The van der Waals surface area contributed by atoms with Gasteiger partial charge in [0.25, 0.3) is 11.5 Å². The zero-order chi connectivity index (χ0) is 22.0. The van der Waals surface area contributed by atoms with Crippen LogP contribution in [0.5, 0.6) is 11.5 Å². The van der Waals surface area contributed by atoms with E-state index in [1.165, 1.54) is 7.05 Å². The highest BCUT2D eigenvalue weighted by atomic mass is 16.6. The van der Waals surface area contributed by atoms with Crippen LogP contribution in [0, 0.1) is 0 Å². The van der Waals surface area contributed by atoms with Crippen LogP contribution in [-0.4, -0.2) is 41.9 Å². The van der Waals surface area contributed by atoms with Crippen molar-refractivity contribution in [2.24, 2.45) is 0 Å². The second-order valence-electron chi connectivity index (χ2n) is 7.13. The minimum Gasteiger partial charge on any atom is -0.486 e. The Bertz CT molecular complexity index is 1220. The quantitative estimate of drug-likeness (QED) is 0.643. The number of fused-ring (bicyclic) bond motifs is 2. The van der Waals surface area contributed by atoms with Gasteiger partial charge in [0.1, 0.15) is 19.8 Å². The van der Waals surface area contributed by atoms with Crippen molar-refractivity contribution in [3.63, 3.8) is 0 Å². The maximum atomic E-state index is 12.8. The van der Waals surface area contributed by atoms with E-state index in [1.807, 2.05) is 19.1 Å². The number of ether oxygens (including phenoxy) is 2. The number of rotatable bonds is 5. The molecule has 2 N–H and O–H groups in total. The van der Waals surface area contributed by atoms with E-state index < -0.39 is 17.4 Å². The number of hydrogen-bond acceptors (Lipinski definition) is 6. The van der Waals surface area contributed by atoms with Crippen molar-refractivity contribution in [1.82, 2.24) is 20.4 Å². The second-order valence-corrected chi connectivity index (χ2v) is 7.13. The van der Waals surface area contributed by atoms with E-state index in [0.29, 0.717) is 35.5 Å². The maximum absolute atomic E-state index is 12.8. The molecule has 0 saturated carbocycles. The third kappa shape index (κ3) is 4.07. The number of aromatic nitrogens is 2. The molecule has 0 saturated heterocycles. The zero-order valence-corrected chi connectivity index (χ0v) is 17.2. The average Bonchev–Trinajstić information content (AvgIpc) is 2.80. The van der Waals surface area contributed by atoms with Gasteiger partial charge in [-0.1, -0.05) is 24.3 Å². The molecule has 31 heavy (non-hydrogen) atoms. The number of benzene rings is 2. The van der Waals surface area contributed by atoms with Crippen LogP contribution in [0.4, 0.5) is 0 Å². The van der Waals surface area contributed by atoms with Gasteiger partial charge in [0, 0.05) is 12.4 Å². The van der Waals surface area contributed by atoms with Gasteiger partial charge in [0.2, 0.25) is 5.91 Å². The summed E-state index contributed by atoms with van der Waals surface area (Å²) in [5, 5.41) is 10.3. The fourth-order valence-electron chi connectivity index (χ4n) is 3.46. The standard InChI is InChI=1S/C22H22N4O5/c1-13(14-7-8-17-18(11-14)31-10-9-30-17)24-19(27)12-26-22(29)16-6-4-3-5-15(16)20(25-26)21(28)23-2/h3-8,11,13H,9-10,12H2,1-2H3,(H,23,28)(H,24,27). The summed E-state index contributed by atoms with van der Waals surface area (Å²) in [6.07, 6.45) is 0. The number of nitrogens with zero attached hydrogens (tertiary/aromatic N) is 2. The Hall–Kier alpha value is -3.88. The summed E-state index contributed by atoms with van der Waals surface area (Å²) in [5.41, 5.74) is 0.484. The summed E-state index contributed by atoms with van der Waals surface area (Å²) in [4.78, 5) is 37.7. The van der Waals surface area contributed by atoms with Gasteiger partial charge in [-0.3, -0.25) is 14.4 Å². The van der Waals surface area contributed by atoms with Crippen molar-refractivity contribution in [2.45, 2.75) is 19.5 Å². The molecule has 2 heterocycles. The fraction of sp³-hybridized carbons (Fsp3) is 0.273. The van der Waals surface area contributed by atoms with Crippen LogP contribution in [0.1, 0.15) is 29.0 Å². The van der Waals surface area contributed by atoms with E-state index in [1.54, 1.807) is 30.3 Å². The highest BCUT2D eigenvalue weighted by molar-refractivity contribution is 6.04. The number of carbonyl (C=O) groups excluding carboxylic acids is 2. The van der Waals surface area contributed by atoms with Gasteiger partial charge in [-0.05, 0) is 30.7 Å². The zero-order valence-electron chi connectivity index (χ0n) is 17.2. The van der Waals surface area contributed by atoms with Crippen LogP contribution in [0.15, 0.2) is 47.3 Å². The van der Waals surface area contributed by atoms with Gasteiger partial charge < -0.3 is 20.1 Å².